The van der Waals surface area contributed by atoms with E-state index < -0.39 is 29.5 Å². The van der Waals surface area contributed by atoms with E-state index in [4.69, 9.17) is 0 Å². The van der Waals surface area contributed by atoms with Crippen molar-refractivity contribution >= 4 is 40.7 Å². The number of aliphatic hydroxyl groups excluding tert-OH is 1. The maximum atomic E-state index is 13.9. The van der Waals surface area contributed by atoms with Crippen LogP contribution in [0.3, 0.4) is 0 Å². The van der Waals surface area contributed by atoms with Crippen LogP contribution in [0.25, 0.3) is 10.4 Å². The lowest BCUT2D eigenvalue weighted by atomic mass is 9.85. The zero-order chi connectivity index (χ0) is 33.6. The number of aromatic nitrogens is 1. The van der Waals surface area contributed by atoms with Crippen LogP contribution >= 0.6 is 11.3 Å². The number of β-amino-alcohol motifs (C(OH)–C–C–N with tert-alkyl or cyclic N) is 1. The summed E-state index contributed by atoms with van der Waals surface area (Å²) in [5, 5.41) is 16.4. The van der Waals surface area contributed by atoms with Crippen LogP contribution in [0, 0.1) is 12.3 Å². The van der Waals surface area contributed by atoms with Gasteiger partial charge >= 0.3 is 0 Å². The van der Waals surface area contributed by atoms with Gasteiger partial charge in [0.05, 0.1) is 28.2 Å². The monoisotopic (exact) mass is 653 g/mol. The van der Waals surface area contributed by atoms with Gasteiger partial charge in [-0.25, -0.2) is 4.98 Å². The molecule has 2 aliphatic rings. The van der Waals surface area contributed by atoms with Gasteiger partial charge in [-0.15, -0.1) is 11.3 Å². The summed E-state index contributed by atoms with van der Waals surface area (Å²) in [6.45, 7) is 10.3. The fraction of sp³-hybridized carbons (Fsp3) is 0.588. The molecule has 1 aromatic heterocycles. The van der Waals surface area contributed by atoms with Crippen molar-refractivity contribution in [2.75, 3.05) is 19.6 Å². The number of hydrogen-bond acceptors (Lipinski definition) is 8. The summed E-state index contributed by atoms with van der Waals surface area (Å²) >= 11 is 1.57. The van der Waals surface area contributed by atoms with Crippen LogP contribution < -0.4 is 10.6 Å². The summed E-state index contributed by atoms with van der Waals surface area (Å²) in [5.74, 6) is -0.913. The first kappa shape index (κ1) is 35.2. The van der Waals surface area contributed by atoms with Crippen LogP contribution in [-0.4, -0.2) is 87.1 Å². The van der Waals surface area contributed by atoms with Gasteiger partial charge in [0.1, 0.15) is 17.9 Å². The molecule has 46 heavy (non-hydrogen) atoms. The largest absolute Gasteiger partial charge is 0.391 e. The lowest BCUT2D eigenvalue weighted by molar-refractivity contribution is -0.144. The molecule has 250 valence electrons. The van der Waals surface area contributed by atoms with Gasteiger partial charge in [-0.1, -0.05) is 45.0 Å². The van der Waals surface area contributed by atoms with Crippen LogP contribution in [0.15, 0.2) is 29.8 Å². The Morgan fingerprint density at radius 2 is 1.70 bits per heavy atom. The summed E-state index contributed by atoms with van der Waals surface area (Å²) < 4.78 is 0. The Hall–Kier alpha value is -3.64. The van der Waals surface area contributed by atoms with Gasteiger partial charge in [-0.2, -0.15) is 0 Å². The first-order valence-corrected chi connectivity index (χ1v) is 17.0. The first-order valence-electron chi connectivity index (χ1n) is 16.1. The number of unbranched alkanes of at least 4 members (excludes halogenated alkanes) is 1. The Bertz CT molecular complexity index is 1410. The van der Waals surface area contributed by atoms with Crippen molar-refractivity contribution in [3.05, 3.63) is 41.0 Å². The number of thiazole rings is 1. The maximum absolute atomic E-state index is 13.9. The molecule has 4 atom stereocenters. The van der Waals surface area contributed by atoms with Crippen molar-refractivity contribution in [2.45, 2.75) is 104 Å². The van der Waals surface area contributed by atoms with E-state index in [1.165, 1.54) is 4.90 Å². The van der Waals surface area contributed by atoms with Gasteiger partial charge in [0.15, 0.2) is 0 Å². The SMILES string of the molecule is Cc1ncsc1-c1ccc([C@H](C)NC(=O)[C@@H]2C[C@@H](O)CN2C(=O)C(NC(=O)CCCCC(=O)N2CCC(=O)CC2)C(C)(C)C)cc1. The third-order valence-electron chi connectivity index (χ3n) is 8.78. The minimum atomic E-state index is -0.909. The van der Waals surface area contributed by atoms with E-state index in [1.807, 2.05) is 64.4 Å². The fourth-order valence-corrected chi connectivity index (χ4v) is 6.79. The number of rotatable bonds is 11. The molecule has 1 aromatic carbocycles. The second-order valence-electron chi connectivity index (χ2n) is 13.5. The van der Waals surface area contributed by atoms with Gasteiger partial charge in [-0.05, 0) is 43.2 Å². The Balaban J connectivity index is 1.32. The molecule has 12 heteroatoms. The molecular weight excluding hydrogens is 606 g/mol. The lowest BCUT2D eigenvalue weighted by Gasteiger charge is -2.35. The topological polar surface area (TPSA) is 149 Å². The molecule has 0 bridgehead atoms. The third kappa shape index (κ3) is 9.00. The standard InChI is InChI=1S/C34H47N5O6S/c1-21(23-10-12-24(13-11-23)30-22(2)35-20-46-30)36-32(44)27-18-26(41)19-39(27)33(45)31(34(3,4)5)37-28(42)8-6-7-9-29(43)38-16-14-25(40)15-17-38/h10-13,20-21,26-27,31,41H,6-9,14-19H2,1-5H3,(H,36,44)(H,37,42)/t21-,26+,27-,31?/m0/s1. The molecule has 3 heterocycles. The van der Waals surface area contributed by atoms with E-state index >= 15 is 0 Å². The third-order valence-corrected chi connectivity index (χ3v) is 9.76. The van der Waals surface area contributed by atoms with E-state index in [0.717, 1.165) is 21.7 Å². The molecule has 0 saturated carbocycles. The minimum Gasteiger partial charge on any atom is -0.391 e. The minimum absolute atomic E-state index is 0.000851. The number of ketones is 1. The number of aryl methyl sites for hydroxylation is 1. The van der Waals surface area contributed by atoms with Crippen molar-refractivity contribution in [1.29, 1.82) is 0 Å². The number of likely N-dealkylation sites (tertiary alicyclic amines) is 2. The van der Waals surface area contributed by atoms with Crippen LogP contribution in [0.5, 0.6) is 0 Å². The average molecular weight is 654 g/mol. The van der Waals surface area contributed by atoms with E-state index in [0.29, 0.717) is 45.2 Å². The molecule has 1 unspecified atom stereocenters. The number of carbonyl (C=O) groups excluding carboxylic acids is 5. The number of aliphatic hydroxyl groups is 1. The molecule has 0 radical (unpaired) electrons. The van der Waals surface area contributed by atoms with E-state index in [1.54, 1.807) is 16.2 Å². The number of carbonyl (C=O) groups is 5. The van der Waals surface area contributed by atoms with Crippen LogP contribution in [-0.2, 0) is 24.0 Å². The highest BCUT2D eigenvalue weighted by atomic mass is 32.1. The fourth-order valence-electron chi connectivity index (χ4n) is 5.97. The van der Waals surface area contributed by atoms with Crippen molar-refractivity contribution < 1.29 is 29.1 Å². The molecule has 0 aliphatic carbocycles. The molecule has 11 nitrogen and oxygen atoms in total. The highest BCUT2D eigenvalue weighted by Crippen LogP contribution is 2.29. The Kier molecular flexibility index (Phi) is 11.7. The van der Waals surface area contributed by atoms with Gasteiger partial charge in [-0.3, -0.25) is 24.0 Å². The quantitative estimate of drug-likeness (QED) is 0.314. The van der Waals surface area contributed by atoms with Crippen molar-refractivity contribution in [3.8, 4) is 10.4 Å². The Morgan fingerprint density at radius 3 is 2.30 bits per heavy atom. The summed E-state index contributed by atoms with van der Waals surface area (Å²) in [4.78, 5) is 72.7. The van der Waals surface area contributed by atoms with Crippen LogP contribution in [0.1, 0.15) is 89.9 Å². The molecule has 4 amide bonds. The smallest absolute Gasteiger partial charge is 0.246 e. The molecule has 2 saturated heterocycles. The summed E-state index contributed by atoms with van der Waals surface area (Å²) in [5.41, 5.74) is 4.08. The number of hydrogen-bond donors (Lipinski definition) is 3. The number of nitrogens with one attached hydrogen (secondary N) is 2. The van der Waals surface area contributed by atoms with Gasteiger partial charge in [0, 0.05) is 51.7 Å². The molecule has 2 fully saturated rings. The van der Waals surface area contributed by atoms with Gasteiger partial charge < -0.3 is 25.5 Å². The Morgan fingerprint density at radius 1 is 1.04 bits per heavy atom. The van der Waals surface area contributed by atoms with Crippen LogP contribution in [0.2, 0.25) is 0 Å². The zero-order valence-electron chi connectivity index (χ0n) is 27.5. The number of nitrogens with zero attached hydrogens (tertiary/aromatic N) is 3. The van der Waals surface area contributed by atoms with Gasteiger partial charge in [0.2, 0.25) is 23.6 Å². The highest BCUT2D eigenvalue weighted by molar-refractivity contribution is 7.13. The number of Topliss-reactive ketones (excluding diaryl/α,β-unsaturated/α-hetero) is 1. The summed E-state index contributed by atoms with van der Waals surface area (Å²) in [6.07, 6.45) is 1.50. The van der Waals surface area contributed by atoms with E-state index in [-0.39, 0.29) is 48.9 Å². The van der Waals surface area contributed by atoms with Gasteiger partial charge in [0.25, 0.3) is 0 Å². The number of piperidine rings is 1. The number of benzene rings is 1. The maximum Gasteiger partial charge on any atom is 0.246 e. The molecule has 2 aliphatic heterocycles. The second-order valence-corrected chi connectivity index (χ2v) is 14.4. The molecule has 2 aromatic rings. The summed E-state index contributed by atoms with van der Waals surface area (Å²) in [6, 6.07) is 5.81. The van der Waals surface area contributed by atoms with Crippen molar-refractivity contribution in [1.82, 2.24) is 25.4 Å². The molecule has 3 N–H and O–H groups in total. The highest BCUT2D eigenvalue weighted by Gasteiger charge is 2.44. The second kappa shape index (κ2) is 15.3. The molecule has 0 spiro atoms. The number of amides is 4. The van der Waals surface area contributed by atoms with E-state index in [9.17, 15) is 29.1 Å². The first-order chi connectivity index (χ1) is 21.7. The molecular formula is C34H47N5O6S. The predicted molar refractivity (Wildman–Crippen MR) is 176 cm³/mol. The zero-order valence-corrected chi connectivity index (χ0v) is 28.3. The normalized spacial score (nSPS) is 19.9. The van der Waals surface area contributed by atoms with Crippen molar-refractivity contribution in [3.63, 3.8) is 0 Å². The van der Waals surface area contributed by atoms with Crippen molar-refractivity contribution in [2.24, 2.45) is 5.41 Å². The lowest BCUT2D eigenvalue weighted by Crippen LogP contribution is -2.57. The predicted octanol–water partition coefficient (Wildman–Crippen LogP) is 3.54. The Labute approximate surface area is 275 Å². The summed E-state index contributed by atoms with van der Waals surface area (Å²) in [7, 11) is 0. The molecule has 4 rings (SSSR count). The average Bonchev–Trinajstić information content (AvgIpc) is 3.62. The van der Waals surface area contributed by atoms with Crippen LogP contribution in [0.4, 0.5) is 0 Å². The van der Waals surface area contributed by atoms with E-state index in [2.05, 4.69) is 15.6 Å².